The molecule has 0 bridgehead atoms. The van der Waals surface area contributed by atoms with Crippen LogP contribution in [0.4, 0.5) is 30.4 Å². The third kappa shape index (κ3) is 5.28. The Labute approximate surface area is 201 Å². The van der Waals surface area contributed by atoms with Crippen molar-refractivity contribution in [1.29, 1.82) is 0 Å². The van der Waals surface area contributed by atoms with Gasteiger partial charge in [0.15, 0.2) is 0 Å². The van der Waals surface area contributed by atoms with Crippen LogP contribution in [-0.4, -0.2) is 57.1 Å². The van der Waals surface area contributed by atoms with Crippen molar-refractivity contribution < 1.29 is 22.8 Å². The lowest BCUT2D eigenvalue weighted by Crippen LogP contribution is -2.46. The summed E-state index contributed by atoms with van der Waals surface area (Å²) in [6.07, 6.45) is -4.40. The summed E-state index contributed by atoms with van der Waals surface area (Å²) >= 11 is 6.46. The molecule has 34 heavy (non-hydrogen) atoms. The van der Waals surface area contributed by atoms with Gasteiger partial charge in [-0.1, -0.05) is 17.7 Å². The predicted octanol–water partition coefficient (Wildman–Crippen LogP) is 3.88. The number of likely N-dealkylation sites (N-methyl/N-ethyl adjacent to an activating group) is 3. The van der Waals surface area contributed by atoms with Crippen LogP contribution in [0.5, 0.6) is 0 Å². The van der Waals surface area contributed by atoms with E-state index in [1.807, 2.05) is 19.0 Å². The fourth-order valence-corrected chi connectivity index (χ4v) is 4.34. The molecular weight excluding hydrogens is 471 g/mol. The molecule has 0 saturated carbocycles. The molecule has 1 N–H and O–H groups in total. The maximum atomic E-state index is 13.6. The second-order valence-corrected chi connectivity index (χ2v) is 8.61. The van der Waals surface area contributed by atoms with Gasteiger partial charge in [0.2, 0.25) is 11.8 Å². The van der Waals surface area contributed by atoms with Crippen LogP contribution in [0.15, 0.2) is 30.3 Å². The van der Waals surface area contributed by atoms with Crippen LogP contribution >= 0.6 is 11.6 Å². The van der Waals surface area contributed by atoms with Crippen LogP contribution in [0.25, 0.3) is 0 Å². The summed E-state index contributed by atoms with van der Waals surface area (Å²) in [5.41, 5.74) is 0.354. The van der Waals surface area contributed by atoms with Gasteiger partial charge in [0, 0.05) is 39.3 Å². The Morgan fingerprint density at radius 2 is 2.00 bits per heavy atom. The van der Waals surface area contributed by atoms with Gasteiger partial charge in [0.25, 0.3) is 0 Å². The third-order valence-electron chi connectivity index (χ3n) is 5.75. The first-order chi connectivity index (χ1) is 16.0. The number of anilines is 3. The van der Waals surface area contributed by atoms with E-state index in [1.165, 1.54) is 11.8 Å². The highest BCUT2D eigenvalue weighted by molar-refractivity contribution is 6.34. The average Bonchev–Trinajstić information content (AvgIpc) is 3.16. The summed E-state index contributed by atoms with van der Waals surface area (Å²) in [7, 11) is 5.24. The number of rotatable bonds is 7. The fourth-order valence-electron chi connectivity index (χ4n) is 4.03. The highest BCUT2D eigenvalue weighted by Crippen LogP contribution is 2.38. The topological polar surface area (TPSA) is 68.8 Å². The predicted molar refractivity (Wildman–Crippen MR) is 127 cm³/mol. The van der Waals surface area contributed by atoms with E-state index in [-0.39, 0.29) is 24.4 Å². The monoisotopic (exact) mass is 497 g/mol. The maximum Gasteiger partial charge on any atom is 0.416 e. The molecule has 0 spiro atoms. The molecule has 2 heterocycles. The quantitative estimate of drug-likeness (QED) is 0.629. The molecule has 1 atom stereocenters. The minimum absolute atomic E-state index is 0.0334. The summed E-state index contributed by atoms with van der Waals surface area (Å²) in [6, 6.07) is 5.91. The average molecular weight is 498 g/mol. The van der Waals surface area contributed by atoms with Gasteiger partial charge in [-0.25, -0.2) is 4.98 Å². The first kappa shape index (κ1) is 25.8. The summed E-state index contributed by atoms with van der Waals surface area (Å²) in [5.74, 6) is -1.07. The molecule has 1 fully saturated rings. The van der Waals surface area contributed by atoms with Crippen molar-refractivity contribution in [1.82, 2.24) is 10.3 Å². The van der Waals surface area contributed by atoms with Crippen molar-refractivity contribution in [2.75, 3.05) is 48.9 Å². The van der Waals surface area contributed by atoms with Crippen LogP contribution in [-0.2, 0) is 15.8 Å². The molecule has 1 aromatic heterocycles. The number of aryl methyl sites for hydroxylation is 1. The molecule has 11 heteroatoms. The number of benzene rings is 1. The van der Waals surface area contributed by atoms with E-state index in [2.05, 4.69) is 10.3 Å². The molecule has 3 rings (SSSR count). The van der Waals surface area contributed by atoms with Gasteiger partial charge in [-0.2, -0.15) is 13.2 Å². The summed E-state index contributed by atoms with van der Waals surface area (Å²) in [6.45, 7) is 2.72. The van der Waals surface area contributed by atoms with Gasteiger partial charge in [0.1, 0.15) is 11.9 Å². The summed E-state index contributed by atoms with van der Waals surface area (Å²) < 4.78 is 40.1. The van der Waals surface area contributed by atoms with Gasteiger partial charge in [-0.3, -0.25) is 14.5 Å². The Morgan fingerprint density at radius 3 is 2.65 bits per heavy atom. The Balaban J connectivity index is 1.97. The molecule has 184 valence electrons. The highest BCUT2D eigenvalue weighted by Gasteiger charge is 2.41. The Kier molecular flexibility index (Phi) is 7.72. The van der Waals surface area contributed by atoms with E-state index in [4.69, 9.17) is 11.6 Å². The summed E-state index contributed by atoms with van der Waals surface area (Å²) in [4.78, 5) is 34.7. The zero-order valence-corrected chi connectivity index (χ0v) is 20.2. The molecule has 1 unspecified atom stereocenters. The van der Waals surface area contributed by atoms with E-state index < -0.39 is 29.6 Å². The number of alkyl halides is 3. The van der Waals surface area contributed by atoms with E-state index in [0.717, 1.165) is 17.0 Å². The molecule has 0 radical (unpaired) electrons. The molecule has 2 aromatic rings. The number of carbonyl (C=O) groups excluding carboxylic acids is 2. The van der Waals surface area contributed by atoms with Crippen molar-refractivity contribution in [2.24, 2.45) is 0 Å². The van der Waals surface area contributed by atoms with Crippen molar-refractivity contribution >= 4 is 40.6 Å². The zero-order chi connectivity index (χ0) is 25.2. The number of aromatic nitrogens is 1. The van der Waals surface area contributed by atoms with Crippen molar-refractivity contribution in [3.8, 4) is 0 Å². The Hall–Kier alpha value is -2.85. The van der Waals surface area contributed by atoms with Crippen LogP contribution < -0.4 is 20.0 Å². The molecule has 7 nitrogen and oxygen atoms in total. The second kappa shape index (κ2) is 10.2. The van der Waals surface area contributed by atoms with E-state index >= 15 is 0 Å². The lowest BCUT2D eigenvalue weighted by Gasteiger charge is -2.31. The molecule has 1 aliphatic heterocycles. The largest absolute Gasteiger partial charge is 0.416 e. The Morgan fingerprint density at radius 1 is 1.29 bits per heavy atom. The van der Waals surface area contributed by atoms with Gasteiger partial charge in [-0.05, 0) is 44.7 Å². The van der Waals surface area contributed by atoms with E-state index in [1.54, 1.807) is 25.2 Å². The molecule has 0 aliphatic carbocycles. The van der Waals surface area contributed by atoms with Gasteiger partial charge >= 0.3 is 6.18 Å². The van der Waals surface area contributed by atoms with Crippen LogP contribution in [0.1, 0.15) is 24.1 Å². The second-order valence-electron chi connectivity index (χ2n) is 8.20. The van der Waals surface area contributed by atoms with Crippen LogP contribution in [0, 0.1) is 6.92 Å². The first-order valence-electron chi connectivity index (χ1n) is 10.8. The molecule has 1 aromatic carbocycles. The van der Waals surface area contributed by atoms with Gasteiger partial charge < -0.3 is 15.1 Å². The molecule has 2 amide bonds. The fraction of sp³-hybridized carbons (Fsp3) is 0.435. The third-order valence-corrected chi connectivity index (χ3v) is 6.05. The number of carbonyl (C=O) groups is 2. The van der Waals surface area contributed by atoms with Crippen LogP contribution in [0.3, 0.4) is 0 Å². The smallest absolute Gasteiger partial charge is 0.370 e. The number of halogens is 4. The van der Waals surface area contributed by atoms with E-state index in [9.17, 15) is 22.8 Å². The zero-order valence-electron chi connectivity index (χ0n) is 19.4. The lowest BCUT2D eigenvalue weighted by atomic mass is 10.1. The number of para-hydroxylation sites is 1. The molecule has 1 saturated heterocycles. The SMILES string of the molecule is CNCCN(C)c1c(Cl)cccc1N(C)C(=O)C1CCC(=O)N1c1cc(C(F)(F)F)cc(C)n1. The first-order valence-corrected chi connectivity index (χ1v) is 11.1. The summed E-state index contributed by atoms with van der Waals surface area (Å²) in [5, 5.41) is 3.51. The maximum absolute atomic E-state index is 13.6. The number of pyridine rings is 1. The minimum Gasteiger partial charge on any atom is -0.370 e. The number of hydrogen-bond acceptors (Lipinski definition) is 5. The highest BCUT2D eigenvalue weighted by atomic mass is 35.5. The minimum atomic E-state index is -4.60. The standard InChI is InChI=1S/C23H27ClF3N5O2/c1-14-12-15(23(25,26)27)13-19(29-14)32-18(8-9-20(32)33)22(34)31(4)17-7-5-6-16(24)21(17)30(3)11-10-28-2/h5-7,12-13,18,28H,8-11H2,1-4H3. The van der Waals surface area contributed by atoms with E-state index in [0.29, 0.717) is 29.5 Å². The van der Waals surface area contributed by atoms with Gasteiger partial charge in [-0.15, -0.1) is 0 Å². The molecular formula is C23H27ClF3N5O2. The normalized spacial score (nSPS) is 16.2. The van der Waals surface area contributed by atoms with Gasteiger partial charge in [0.05, 0.1) is 22.0 Å². The lowest BCUT2D eigenvalue weighted by molar-refractivity contribution is -0.137. The van der Waals surface area contributed by atoms with Crippen molar-refractivity contribution in [3.05, 3.63) is 46.6 Å². The molecule has 1 aliphatic rings. The van der Waals surface area contributed by atoms with Crippen molar-refractivity contribution in [2.45, 2.75) is 32.0 Å². The number of nitrogens with one attached hydrogen (secondary N) is 1. The number of amides is 2. The van der Waals surface area contributed by atoms with Crippen molar-refractivity contribution in [3.63, 3.8) is 0 Å². The van der Waals surface area contributed by atoms with Crippen LogP contribution in [0.2, 0.25) is 5.02 Å². The number of hydrogen-bond donors (Lipinski definition) is 1. The number of nitrogens with zero attached hydrogens (tertiary/aromatic N) is 4. The Bertz CT molecular complexity index is 1080.